The fraction of sp³-hybridized carbons (Fsp3) is 0.929. The standard InChI is InChI=1S/C14H27NO9/c1-9(18)15-11-13(20)12(19)10(8-17)24-14(11)23-7-6-22-5-4-21-3-2-16/h10-14,16-17,19-20H,2-8H2,1H3,(H,15,18)/t10-,11-,12+,13-,14-/m1/s1. The molecule has 10 nitrogen and oxygen atoms in total. The molecule has 0 spiro atoms. The van der Waals surface area contributed by atoms with Crippen molar-refractivity contribution >= 4 is 5.91 Å². The molecule has 1 heterocycles. The van der Waals surface area contributed by atoms with Crippen molar-refractivity contribution in [3.63, 3.8) is 0 Å². The summed E-state index contributed by atoms with van der Waals surface area (Å²) in [6.07, 6.45) is -4.72. The zero-order chi connectivity index (χ0) is 17.9. The Morgan fingerprint density at radius 3 is 2.25 bits per heavy atom. The van der Waals surface area contributed by atoms with Gasteiger partial charge in [0.15, 0.2) is 6.29 Å². The Balaban J connectivity index is 2.39. The Morgan fingerprint density at radius 2 is 1.67 bits per heavy atom. The molecule has 1 fully saturated rings. The number of rotatable bonds is 11. The van der Waals surface area contributed by atoms with Gasteiger partial charge >= 0.3 is 0 Å². The minimum atomic E-state index is -1.34. The van der Waals surface area contributed by atoms with Crippen LogP contribution in [0.15, 0.2) is 0 Å². The third-order valence-corrected chi connectivity index (χ3v) is 3.37. The van der Waals surface area contributed by atoms with Gasteiger partial charge < -0.3 is 44.7 Å². The summed E-state index contributed by atoms with van der Waals surface area (Å²) < 4.78 is 21.1. The van der Waals surface area contributed by atoms with E-state index >= 15 is 0 Å². The van der Waals surface area contributed by atoms with E-state index in [0.717, 1.165) is 0 Å². The van der Waals surface area contributed by atoms with Crippen molar-refractivity contribution in [2.45, 2.75) is 37.6 Å². The fourth-order valence-corrected chi connectivity index (χ4v) is 2.22. The van der Waals surface area contributed by atoms with Crippen LogP contribution in [0.1, 0.15) is 6.92 Å². The van der Waals surface area contributed by atoms with Crippen LogP contribution in [0.25, 0.3) is 0 Å². The highest BCUT2D eigenvalue weighted by molar-refractivity contribution is 5.73. The Labute approximate surface area is 140 Å². The van der Waals surface area contributed by atoms with E-state index in [-0.39, 0.29) is 26.4 Å². The molecule has 1 aliphatic rings. The summed E-state index contributed by atoms with van der Waals surface area (Å²) in [5.74, 6) is -0.414. The van der Waals surface area contributed by atoms with Crippen molar-refractivity contribution in [1.29, 1.82) is 0 Å². The fourth-order valence-electron chi connectivity index (χ4n) is 2.22. The average Bonchev–Trinajstić information content (AvgIpc) is 2.55. The molecule has 142 valence electrons. The number of amides is 1. The van der Waals surface area contributed by atoms with E-state index in [2.05, 4.69) is 5.32 Å². The van der Waals surface area contributed by atoms with E-state index in [0.29, 0.717) is 13.2 Å². The molecule has 24 heavy (non-hydrogen) atoms. The Morgan fingerprint density at radius 1 is 1.04 bits per heavy atom. The predicted octanol–water partition coefficient (Wildman–Crippen LogP) is -3.03. The van der Waals surface area contributed by atoms with Gasteiger partial charge in [-0.3, -0.25) is 4.79 Å². The minimum absolute atomic E-state index is 0.0487. The first-order valence-electron chi connectivity index (χ1n) is 7.78. The monoisotopic (exact) mass is 353 g/mol. The maximum Gasteiger partial charge on any atom is 0.217 e. The Kier molecular flexibility index (Phi) is 10.3. The van der Waals surface area contributed by atoms with Gasteiger partial charge in [-0.2, -0.15) is 0 Å². The van der Waals surface area contributed by atoms with Crippen LogP contribution >= 0.6 is 0 Å². The first-order chi connectivity index (χ1) is 11.5. The lowest BCUT2D eigenvalue weighted by atomic mass is 9.97. The van der Waals surface area contributed by atoms with Crippen molar-refractivity contribution in [3.05, 3.63) is 0 Å². The molecule has 5 atom stereocenters. The number of carbonyl (C=O) groups excluding carboxylic acids is 1. The second kappa shape index (κ2) is 11.7. The van der Waals surface area contributed by atoms with Gasteiger partial charge in [0.1, 0.15) is 24.4 Å². The molecule has 5 N–H and O–H groups in total. The van der Waals surface area contributed by atoms with Gasteiger partial charge in [-0.25, -0.2) is 0 Å². The van der Waals surface area contributed by atoms with Crippen LogP contribution in [-0.4, -0.2) is 103 Å². The number of hydrogen-bond donors (Lipinski definition) is 5. The zero-order valence-electron chi connectivity index (χ0n) is 13.7. The number of hydrogen-bond acceptors (Lipinski definition) is 9. The summed E-state index contributed by atoms with van der Waals surface area (Å²) in [4.78, 5) is 11.2. The van der Waals surface area contributed by atoms with E-state index in [1.165, 1.54) is 6.92 Å². The molecule has 1 saturated heterocycles. The lowest BCUT2D eigenvalue weighted by Crippen LogP contribution is -2.64. The molecule has 0 aromatic heterocycles. The molecule has 0 aromatic rings. The van der Waals surface area contributed by atoms with Crippen LogP contribution in [0.3, 0.4) is 0 Å². The van der Waals surface area contributed by atoms with Crippen LogP contribution in [-0.2, 0) is 23.7 Å². The molecule has 0 unspecified atom stereocenters. The van der Waals surface area contributed by atoms with Crippen LogP contribution in [0.2, 0.25) is 0 Å². The zero-order valence-corrected chi connectivity index (χ0v) is 13.7. The van der Waals surface area contributed by atoms with Gasteiger partial charge in [0.2, 0.25) is 5.91 Å². The Bertz CT molecular complexity index is 357. The summed E-state index contributed by atoms with van der Waals surface area (Å²) in [7, 11) is 0. The summed E-state index contributed by atoms with van der Waals surface area (Å²) in [5.41, 5.74) is 0. The van der Waals surface area contributed by atoms with Crippen molar-refractivity contribution in [3.8, 4) is 0 Å². The van der Waals surface area contributed by atoms with E-state index in [9.17, 15) is 20.1 Å². The number of carbonyl (C=O) groups is 1. The van der Waals surface area contributed by atoms with Gasteiger partial charge in [0.25, 0.3) is 0 Å². The Hall–Kier alpha value is -0.850. The molecular formula is C14H27NO9. The van der Waals surface area contributed by atoms with Crippen molar-refractivity contribution in [2.24, 2.45) is 0 Å². The molecule has 0 bridgehead atoms. The molecule has 1 amide bonds. The molecule has 0 aromatic carbocycles. The quantitative estimate of drug-likeness (QED) is 0.245. The van der Waals surface area contributed by atoms with Crippen LogP contribution in [0, 0.1) is 0 Å². The number of nitrogens with one attached hydrogen (secondary N) is 1. The normalized spacial score (nSPS) is 30.3. The summed E-state index contributed by atoms with van der Waals surface area (Å²) in [5, 5.41) is 40.1. The largest absolute Gasteiger partial charge is 0.394 e. The highest BCUT2D eigenvalue weighted by Gasteiger charge is 2.45. The maximum absolute atomic E-state index is 11.2. The first-order valence-corrected chi connectivity index (χ1v) is 7.78. The lowest BCUT2D eigenvalue weighted by Gasteiger charge is -2.42. The number of ether oxygens (including phenoxy) is 4. The van der Waals surface area contributed by atoms with Gasteiger partial charge in [0.05, 0.1) is 46.2 Å². The van der Waals surface area contributed by atoms with E-state index < -0.39 is 43.2 Å². The molecule has 0 aliphatic carbocycles. The highest BCUT2D eigenvalue weighted by Crippen LogP contribution is 2.22. The topological polar surface area (TPSA) is 147 Å². The highest BCUT2D eigenvalue weighted by atomic mass is 16.7. The third-order valence-electron chi connectivity index (χ3n) is 3.37. The first kappa shape index (κ1) is 21.2. The van der Waals surface area contributed by atoms with Gasteiger partial charge in [-0.1, -0.05) is 0 Å². The predicted molar refractivity (Wildman–Crippen MR) is 80.0 cm³/mol. The molecule has 0 radical (unpaired) electrons. The van der Waals surface area contributed by atoms with Crippen LogP contribution in [0.4, 0.5) is 0 Å². The lowest BCUT2D eigenvalue weighted by molar-refractivity contribution is -0.272. The summed E-state index contributed by atoms with van der Waals surface area (Å²) in [6.45, 7) is 1.97. The van der Waals surface area contributed by atoms with Gasteiger partial charge in [-0.05, 0) is 0 Å². The number of aliphatic hydroxyl groups excluding tert-OH is 4. The molecule has 0 saturated carbocycles. The molecule has 10 heteroatoms. The van der Waals surface area contributed by atoms with E-state index in [1.54, 1.807) is 0 Å². The molecular weight excluding hydrogens is 326 g/mol. The maximum atomic E-state index is 11.2. The van der Waals surface area contributed by atoms with Crippen molar-refractivity contribution in [2.75, 3.05) is 46.2 Å². The molecule has 1 aliphatic heterocycles. The summed E-state index contributed by atoms with van der Waals surface area (Å²) >= 11 is 0. The van der Waals surface area contributed by atoms with Crippen LogP contribution in [0.5, 0.6) is 0 Å². The van der Waals surface area contributed by atoms with Gasteiger partial charge in [-0.15, -0.1) is 0 Å². The smallest absolute Gasteiger partial charge is 0.217 e. The third kappa shape index (κ3) is 6.95. The minimum Gasteiger partial charge on any atom is -0.394 e. The second-order valence-electron chi connectivity index (χ2n) is 5.25. The number of aliphatic hydroxyl groups is 4. The molecule has 1 rings (SSSR count). The van der Waals surface area contributed by atoms with Gasteiger partial charge in [0, 0.05) is 6.92 Å². The average molecular weight is 353 g/mol. The second-order valence-corrected chi connectivity index (χ2v) is 5.25. The van der Waals surface area contributed by atoms with Crippen molar-refractivity contribution < 1.29 is 44.2 Å². The summed E-state index contributed by atoms with van der Waals surface area (Å²) in [6, 6.07) is -0.965. The van der Waals surface area contributed by atoms with E-state index in [1.807, 2.05) is 0 Å². The van der Waals surface area contributed by atoms with Crippen molar-refractivity contribution in [1.82, 2.24) is 5.32 Å². The SMILES string of the molecule is CC(=O)N[C@H]1[C@H](OCCOCCOCCO)O[C@H](CO)[C@H](O)[C@@H]1O. The van der Waals surface area contributed by atoms with Crippen LogP contribution < -0.4 is 5.32 Å². The van der Waals surface area contributed by atoms with E-state index in [4.69, 9.17) is 24.1 Å².